The van der Waals surface area contributed by atoms with Crippen molar-refractivity contribution in [1.29, 1.82) is 0 Å². The summed E-state index contributed by atoms with van der Waals surface area (Å²) < 4.78 is 41.9. The van der Waals surface area contributed by atoms with Crippen molar-refractivity contribution in [2.24, 2.45) is 0 Å². The van der Waals surface area contributed by atoms with E-state index in [4.69, 9.17) is 0 Å². The number of imidazole rings is 2. The molecule has 4 aromatic rings. The zero-order valence-electron chi connectivity index (χ0n) is 13.7. The van der Waals surface area contributed by atoms with Gasteiger partial charge in [-0.2, -0.15) is 18.2 Å². The number of alkyl halides is 3. The number of benzene rings is 1. The Morgan fingerprint density at radius 3 is 2.00 bits per heavy atom. The van der Waals surface area contributed by atoms with Crippen molar-refractivity contribution < 1.29 is 22.5 Å². The Morgan fingerprint density at radius 1 is 1.00 bits per heavy atom. The van der Waals surface area contributed by atoms with Gasteiger partial charge in [0.2, 0.25) is 0 Å². The fraction of sp³-hybridized carbons (Fsp3) is 0.0625. The van der Waals surface area contributed by atoms with E-state index in [2.05, 4.69) is 50.5 Å². The highest BCUT2D eigenvalue weighted by Crippen LogP contribution is 2.29. The maximum absolute atomic E-state index is 12.2. The normalized spacial score (nSPS) is 11.0. The molecule has 0 aliphatic heterocycles. The Morgan fingerprint density at radius 2 is 1.57 bits per heavy atom. The molecule has 0 bridgehead atoms. The second kappa shape index (κ2) is 8.17. The van der Waals surface area contributed by atoms with Gasteiger partial charge in [-0.1, -0.05) is 21.1 Å². The van der Waals surface area contributed by atoms with E-state index in [9.17, 15) is 18.0 Å². The molecule has 144 valence electrons. The molecular weight excluding hydrogens is 445 g/mol. The summed E-state index contributed by atoms with van der Waals surface area (Å²) in [5.41, 5.74) is 0.436. The lowest BCUT2D eigenvalue weighted by Crippen LogP contribution is -2.07. The molecule has 0 atom stereocenters. The van der Waals surface area contributed by atoms with E-state index >= 15 is 0 Å². The molecule has 8 nitrogen and oxygen atoms in total. The molecule has 28 heavy (non-hydrogen) atoms. The molecular formula is C16H10BrF3N6O2. The maximum atomic E-state index is 12.2. The Kier molecular flexibility index (Phi) is 5.68. The number of carbonyl (C=O) groups is 1. The van der Waals surface area contributed by atoms with E-state index in [1.807, 2.05) is 0 Å². The maximum Gasteiger partial charge on any atom is 0.455 e. The largest absolute Gasteiger partial charge is 0.455 e. The van der Waals surface area contributed by atoms with Gasteiger partial charge in [0.25, 0.3) is 17.5 Å². The second-order valence-electron chi connectivity index (χ2n) is 5.13. The first-order valence-electron chi connectivity index (χ1n) is 7.55. The van der Waals surface area contributed by atoms with E-state index in [1.54, 1.807) is 36.7 Å². The molecule has 0 spiro atoms. The summed E-state index contributed by atoms with van der Waals surface area (Å²) in [4.78, 5) is 27.7. The molecule has 1 aromatic carbocycles. The van der Waals surface area contributed by atoms with Crippen LogP contribution in [0.4, 0.5) is 13.2 Å². The fourth-order valence-corrected chi connectivity index (χ4v) is 2.20. The molecule has 0 unspecified atom stereocenters. The summed E-state index contributed by atoms with van der Waals surface area (Å²) in [5, 5.41) is 2.86. The first kappa shape index (κ1) is 19.5. The first-order valence-corrected chi connectivity index (χ1v) is 8.34. The van der Waals surface area contributed by atoms with Crippen molar-refractivity contribution in [3.63, 3.8) is 0 Å². The third-order valence-electron chi connectivity index (χ3n) is 3.20. The van der Waals surface area contributed by atoms with Crippen LogP contribution in [-0.2, 0) is 6.18 Å². The van der Waals surface area contributed by atoms with Crippen LogP contribution in [0, 0.1) is 0 Å². The van der Waals surface area contributed by atoms with Crippen LogP contribution in [0.2, 0.25) is 0 Å². The average molecular weight is 455 g/mol. The van der Waals surface area contributed by atoms with Crippen molar-refractivity contribution in [2.75, 3.05) is 0 Å². The van der Waals surface area contributed by atoms with Gasteiger partial charge in [-0.05, 0) is 24.3 Å². The number of aromatic amines is 2. The summed E-state index contributed by atoms with van der Waals surface area (Å²) in [7, 11) is 0. The summed E-state index contributed by atoms with van der Waals surface area (Å²) in [6.45, 7) is 0. The van der Waals surface area contributed by atoms with Crippen molar-refractivity contribution >= 4 is 21.7 Å². The predicted octanol–water partition coefficient (Wildman–Crippen LogP) is 3.88. The van der Waals surface area contributed by atoms with Crippen LogP contribution < -0.4 is 0 Å². The highest BCUT2D eigenvalue weighted by molar-refractivity contribution is 9.10. The van der Waals surface area contributed by atoms with Crippen LogP contribution in [0.25, 0.3) is 11.5 Å². The number of hydrogen-bond donors (Lipinski definition) is 2. The van der Waals surface area contributed by atoms with Gasteiger partial charge in [0.1, 0.15) is 0 Å². The van der Waals surface area contributed by atoms with Gasteiger partial charge >= 0.3 is 6.18 Å². The minimum Gasteiger partial charge on any atom is -0.342 e. The minimum atomic E-state index is -4.59. The quantitative estimate of drug-likeness (QED) is 0.454. The van der Waals surface area contributed by atoms with E-state index in [0.29, 0.717) is 17.2 Å². The summed E-state index contributed by atoms with van der Waals surface area (Å²) in [5.74, 6) is -1.06. The van der Waals surface area contributed by atoms with Crippen molar-refractivity contribution in [3.05, 3.63) is 71.0 Å². The number of rotatable bonds is 3. The van der Waals surface area contributed by atoms with Crippen LogP contribution in [0.15, 0.2) is 58.0 Å². The van der Waals surface area contributed by atoms with Gasteiger partial charge in [0, 0.05) is 34.8 Å². The lowest BCUT2D eigenvalue weighted by molar-refractivity contribution is -0.146. The molecule has 0 saturated carbocycles. The number of nitrogens with one attached hydrogen (secondary N) is 2. The molecule has 4 rings (SSSR count). The van der Waals surface area contributed by atoms with Gasteiger partial charge in [-0.3, -0.25) is 4.79 Å². The highest BCUT2D eigenvalue weighted by Gasteiger charge is 2.37. The summed E-state index contributed by atoms with van der Waals surface area (Å²) in [6, 6.07) is 6.51. The molecule has 2 N–H and O–H groups in total. The second-order valence-corrected chi connectivity index (χ2v) is 6.05. The van der Waals surface area contributed by atoms with Crippen LogP contribution in [-0.4, -0.2) is 35.9 Å². The number of nitrogens with zero attached hydrogens (tertiary/aromatic N) is 4. The molecule has 3 heterocycles. The molecule has 0 saturated heterocycles. The molecule has 0 amide bonds. The molecule has 12 heteroatoms. The number of H-pyrrole nitrogens is 2. The lowest BCUT2D eigenvalue weighted by Gasteiger charge is -1.96. The summed E-state index contributed by atoms with van der Waals surface area (Å²) >= 11 is 3.21. The topological polar surface area (TPSA) is 113 Å². The lowest BCUT2D eigenvalue weighted by atomic mass is 10.2. The zero-order chi connectivity index (χ0) is 20.1. The van der Waals surface area contributed by atoms with Gasteiger partial charge in [0.15, 0.2) is 11.6 Å². The van der Waals surface area contributed by atoms with E-state index in [1.165, 1.54) is 12.4 Å². The Labute approximate surface area is 163 Å². The number of halogens is 4. The molecule has 0 radical (unpaired) electrons. The third kappa shape index (κ3) is 4.71. The summed E-state index contributed by atoms with van der Waals surface area (Å²) in [6.07, 6.45) is 1.65. The minimum absolute atomic E-state index is 0.153. The van der Waals surface area contributed by atoms with E-state index in [0.717, 1.165) is 4.47 Å². The zero-order valence-corrected chi connectivity index (χ0v) is 15.3. The Hall–Kier alpha value is -3.28. The van der Waals surface area contributed by atoms with Gasteiger partial charge < -0.3 is 14.5 Å². The van der Waals surface area contributed by atoms with Gasteiger partial charge in [-0.15, -0.1) is 0 Å². The average Bonchev–Trinajstić information content (AvgIpc) is 3.44. The SMILES string of the molecule is FC(F)(F)c1noc(-c2ccc(Br)cc2)n1.O=C(c1ncc[nH]1)c1ncc[nH]1. The highest BCUT2D eigenvalue weighted by atomic mass is 79.9. The van der Waals surface area contributed by atoms with Crippen LogP contribution in [0.3, 0.4) is 0 Å². The number of ketones is 1. The van der Waals surface area contributed by atoms with E-state index < -0.39 is 12.0 Å². The molecule has 0 aliphatic carbocycles. The fourth-order valence-electron chi connectivity index (χ4n) is 1.94. The van der Waals surface area contributed by atoms with Crippen LogP contribution in [0.1, 0.15) is 22.3 Å². The van der Waals surface area contributed by atoms with Gasteiger partial charge in [-0.25, -0.2) is 9.97 Å². The van der Waals surface area contributed by atoms with Crippen molar-refractivity contribution in [1.82, 2.24) is 30.1 Å². The molecule has 0 fully saturated rings. The first-order chi connectivity index (χ1) is 13.3. The number of carbonyl (C=O) groups excluding carboxylic acids is 1. The Bertz CT molecular complexity index is 991. The third-order valence-corrected chi connectivity index (χ3v) is 3.73. The predicted molar refractivity (Wildman–Crippen MR) is 93.0 cm³/mol. The number of aromatic nitrogens is 6. The molecule has 3 aromatic heterocycles. The smallest absolute Gasteiger partial charge is 0.342 e. The van der Waals surface area contributed by atoms with Crippen molar-refractivity contribution in [3.8, 4) is 11.5 Å². The van der Waals surface area contributed by atoms with Crippen LogP contribution in [0.5, 0.6) is 0 Å². The van der Waals surface area contributed by atoms with Crippen LogP contribution >= 0.6 is 15.9 Å². The van der Waals surface area contributed by atoms with Crippen molar-refractivity contribution in [2.45, 2.75) is 6.18 Å². The number of hydrogen-bond acceptors (Lipinski definition) is 6. The standard InChI is InChI=1S/C9H4BrF3N2O.C7H6N4O/c10-6-3-1-5(2-4-6)7-14-8(15-16-7)9(11,12)13;12-5(6-8-1-2-9-6)7-10-3-4-11-7/h1-4H;1-4H,(H,8,9)(H,10,11). The van der Waals surface area contributed by atoms with Gasteiger partial charge in [0.05, 0.1) is 0 Å². The monoisotopic (exact) mass is 454 g/mol. The van der Waals surface area contributed by atoms with E-state index in [-0.39, 0.29) is 11.7 Å². The Balaban J connectivity index is 0.000000167. The molecule has 0 aliphatic rings.